The van der Waals surface area contributed by atoms with E-state index in [4.69, 9.17) is 5.11 Å². The summed E-state index contributed by atoms with van der Waals surface area (Å²) in [5, 5.41) is 15.5. The molecule has 0 bridgehead atoms. The molecule has 0 aliphatic carbocycles. The predicted molar refractivity (Wildman–Crippen MR) is 64.2 cm³/mol. The second kappa shape index (κ2) is 3.70. The first kappa shape index (κ1) is 10.8. The average molecular weight is 220 g/mol. The predicted octanol–water partition coefficient (Wildman–Crippen LogP) is 2.25. The molecule has 0 unspecified atom stereocenters. The Morgan fingerprint density at radius 3 is 2.50 bits per heavy atom. The van der Waals surface area contributed by atoms with Crippen LogP contribution in [0.1, 0.15) is 24.2 Å². The Balaban J connectivity index is 2.32. The van der Waals surface area contributed by atoms with Gasteiger partial charge in [-0.3, -0.25) is 0 Å². The van der Waals surface area contributed by atoms with E-state index in [1.165, 1.54) is 0 Å². The van der Waals surface area contributed by atoms with Gasteiger partial charge in [-0.2, -0.15) is 0 Å². The number of carbonyl (C=O) groups is 1. The monoisotopic (exact) mass is 220 g/mol. The molecular formula is C12H16N2O2. The van der Waals surface area contributed by atoms with Crippen molar-refractivity contribution in [1.29, 1.82) is 0 Å². The molecule has 0 aromatic heterocycles. The van der Waals surface area contributed by atoms with E-state index >= 15 is 0 Å². The molecule has 0 amide bonds. The third-order valence-electron chi connectivity index (χ3n) is 2.78. The smallest absolute Gasteiger partial charge is 0.335 e. The maximum absolute atomic E-state index is 10.9. The van der Waals surface area contributed by atoms with E-state index in [1.807, 2.05) is 6.07 Å². The normalized spacial score (nSPS) is 17.6. The highest BCUT2D eigenvalue weighted by atomic mass is 16.4. The van der Waals surface area contributed by atoms with Gasteiger partial charge in [0.2, 0.25) is 0 Å². The van der Waals surface area contributed by atoms with Crippen LogP contribution in [-0.4, -0.2) is 24.2 Å². The fourth-order valence-electron chi connectivity index (χ4n) is 1.71. The van der Waals surface area contributed by atoms with Crippen molar-refractivity contribution in [3.8, 4) is 0 Å². The zero-order valence-electron chi connectivity index (χ0n) is 9.50. The number of fused-ring (bicyclic) bond motifs is 1. The minimum Gasteiger partial charge on any atom is -0.478 e. The lowest BCUT2D eigenvalue weighted by molar-refractivity contribution is 0.0697. The topological polar surface area (TPSA) is 61.4 Å². The molecule has 16 heavy (non-hydrogen) atoms. The highest BCUT2D eigenvalue weighted by Gasteiger charge is 2.22. The first-order valence-electron chi connectivity index (χ1n) is 5.33. The van der Waals surface area contributed by atoms with Gasteiger partial charge in [-0.15, -0.1) is 0 Å². The summed E-state index contributed by atoms with van der Waals surface area (Å²) in [5.74, 6) is -0.895. The molecule has 2 rings (SSSR count). The van der Waals surface area contributed by atoms with Crippen molar-refractivity contribution >= 4 is 17.3 Å². The molecule has 0 saturated heterocycles. The number of anilines is 2. The highest BCUT2D eigenvalue weighted by molar-refractivity contribution is 5.90. The lowest BCUT2D eigenvalue weighted by Crippen LogP contribution is -2.27. The second-order valence-electron chi connectivity index (χ2n) is 4.94. The lowest BCUT2D eigenvalue weighted by atomic mass is 9.94. The Bertz CT molecular complexity index is 427. The van der Waals surface area contributed by atoms with Gasteiger partial charge < -0.3 is 15.7 Å². The molecule has 3 N–H and O–H groups in total. The SMILES string of the molecule is CC1(C)CNc2ccc(C(=O)O)cc2NC1. The number of hydrogen-bond donors (Lipinski definition) is 3. The van der Waals surface area contributed by atoms with Crippen LogP contribution in [0.3, 0.4) is 0 Å². The van der Waals surface area contributed by atoms with Gasteiger partial charge >= 0.3 is 5.97 Å². The molecule has 1 aliphatic heterocycles. The molecule has 1 aliphatic rings. The number of aromatic carboxylic acids is 1. The lowest BCUT2D eigenvalue weighted by Gasteiger charge is -2.21. The van der Waals surface area contributed by atoms with E-state index in [-0.39, 0.29) is 5.41 Å². The van der Waals surface area contributed by atoms with E-state index in [2.05, 4.69) is 24.5 Å². The summed E-state index contributed by atoms with van der Waals surface area (Å²) in [6, 6.07) is 5.10. The van der Waals surface area contributed by atoms with Crippen LogP contribution in [0, 0.1) is 5.41 Å². The molecule has 0 atom stereocenters. The average Bonchev–Trinajstić information content (AvgIpc) is 2.38. The van der Waals surface area contributed by atoms with Crippen LogP contribution in [0.4, 0.5) is 11.4 Å². The standard InChI is InChI=1S/C12H16N2O2/c1-12(2)6-13-9-4-3-8(11(15)16)5-10(9)14-7-12/h3-5,13-14H,6-7H2,1-2H3,(H,15,16). The fourth-order valence-corrected chi connectivity index (χ4v) is 1.71. The molecule has 1 heterocycles. The number of benzene rings is 1. The summed E-state index contributed by atoms with van der Waals surface area (Å²) < 4.78 is 0. The van der Waals surface area contributed by atoms with E-state index in [9.17, 15) is 4.79 Å². The molecule has 0 fully saturated rings. The number of nitrogens with one attached hydrogen (secondary N) is 2. The Morgan fingerprint density at radius 2 is 1.88 bits per heavy atom. The summed E-state index contributed by atoms with van der Waals surface area (Å²) in [6.45, 7) is 6.03. The third-order valence-corrected chi connectivity index (χ3v) is 2.78. The van der Waals surface area contributed by atoms with E-state index in [0.717, 1.165) is 24.5 Å². The van der Waals surface area contributed by atoms with Crippen molar-refractivity contribution in [3.05, 3.63) is 23.8 Å². The molecule has 0 radical (unpaired) electrons. The van der Waals surface area contributed by atoms with Crippen molar-refractivity contribution < 1.29 is 9.90 Å². The molecule has 0 spiro atoms. The van der Waals surface area contributed by atoms with Gasteiger partial charge in [0.25, 0.3) is 0 Å². The zero-order chi connectivity index (χ0) is 11.8. The van der Waals surface area contributed by atoms with Crippen LogP contribution in [0.15, 0.2) is 18.2 Å². The van der Waals surface area contributed by atoms with Crippen molar-refractivity contribution in [1.82, 2.24) is 0 Å². The third kappa shape index (κ3) is 2.10. The van der Waals surface area contributed by atoms with Crippen LogP contribution >= 0.6 is 0 Å². The molecule has 4 heteroatoms. The van der Waals surface area contributed by atoms with Gasteiger partial charge in [0, 0.05) is 13.1 Å². The van der Waals surface area contributed by atoms with Crippen molar-refractivity contribution in [3.63, 3.8) is 0 Å². The van der Waals surface area contributed by atoms with E-state index < -0.39 is 5.97 Å². The largest absolute Gasteiger partial charge is 0.478 e. The minimum absolute atomic E-state index is 0.155. The van der Waals surface area contributed by atoms with Crippen LogP contribution in [0.2, 0.25) is 0 Å². The van der Waals surface area contributed by atoms with E-state index in [1.54, 1.807) is 12.1 Å². The Labute approximate surface area is 94.7 Å². The second-order valence-corrected chi connectivity index (χ2v) is 4.94. The molecular weight excluding hydrogens is 204 g/mol. The summed E-state index contributed by atoms with van der Waals surface area (Å²) >= 11 is 0. The number of rotatable bonds is 1. The Morgan fingerprint density at radius 1 is 1.25 bits per heavy atom. The molecule has 4 nitrogen and oxygen atoms in total. The zero-order valence-corrected chi connectivity index (χ0v) is 9.50. The minimum atomic E-state index is -0.895. The van der Waals surface area contributed by atoms with Gasteiger partial charge in [0.05, 0.1) is 16.9 Å². The maximum atomic E-state index is 10.9. The molecule has 1 aromatic carbocycles. The summed E-state index contributed by atoms with van der Waals surface area (Å²) in [7, 11) is 0. The Hall–Kier alpha value is -1.71. The molecule has 86 valence electrons. The first-order valence-corrected chi connectivity index (χ1v) is 5.33. The Kier molecular flexibility index (Phi) is 2.50. The molecule has 1 aromatic rings. The van der Waals surface area contributed by atoms with Crippen LogP contribution < -0.4 is 10.6 Å². The quantitative estimate of drug-likeness (QED) is 0.679. The van der Waals surface area contributed by atoms with Gasteiger partial charge in [0.15, 0.2) is 0 Å². The number of carboxylic acid groups (broad SMARTS) is 1. The maximum Gasteiger partial charge on any atom is 0.335 e. The fraction of sp³-hybridized carbons (Fsp3) is 0.417. The van der Waals surface area contributed by atoms with Crippen molar-refractivity contribution in [2.75, 3.05) is 23.7 Å². The number of hydrogen-bond acceptors (Lipinski definition) is 3. The summed E-state index contributed by atoms with van der Waals surface area (Å²) in [5.41, 5.74) is 2.30. The highest BCUT2D eigenvalue weighted by Crippen LogP contribution is 2.29. The number of carboxylic acids is 1. The molecule has 0 saturated carbocycles. The first-order chi connectivity index (χ1) is 7.48. The van der Waals surface area contributed by atoms with Gasteiger partial charge in [0.1, 0.15) is 0 Å². The van der Waals surface area contributed by atoms with Crippen LogP contribution in [0.25, 0.3) is 0 Å². The summed E-state index contributed by atoms with van der Waals surface area (Å²) in [6.07, 6.45) is 0. The van der Waals surface area contributed by atoms with Crippen LogP contribution in [0.5, 0.6) is 0 Å². The van der Waals surface area contributed by atoms with Gasteiger partial charge in [-0.1, -0.05) is 13.8 Å². The van der Waals surface area contributed by atoms with E-state index in [0.29, 0.717) is 5.56 Å². The van der Waals surface area contributed by atoms with Crippen molar-refractivity contribution in [2.45, 2.75) is 13.8 Å². The van der Waals surface area contributed by atoms with Crippen LogP contribution in [-0.2, 0) is 0 Å². The van der Waals surface area contributed by atoms with Gasteiger partial charge in [-0.05, 0) is 23.6 Å². The van der Waals surface area contributed by atoms with Crippen molar-refractivity contribution in [2.24, 2.45) is 5.41 Å². The summed E-state index contributed by atoms with van der Waals surface area (Å²) in [4.78, 5) is 10.9. The van der Waals surface area contributed by atoms with Gasteiger partial charge in [-0.25, -0.2) is 4.79 Å².